The molecule has 1 N–H and O–H groups in total. The van der Waals surface area contributed by atoms with Crippen LogP contribution in [-0.2, 0) is 16.1 Å². The zero-order chi connectivity index (χ0) is 24.0. The molecular formula is C27H33N3O5. The van der Waals surface area contributed by atoms with E-state index >= 15 is 0 Å². The van der Waals surface area contributed by atoms with Crippen LogP contribution in [0.4, 0.5) is 0 Å². The lowest BCUT2D eigenvalue weighted by atomic mass is 10.1. The Morgan fingerprint density at radius 3 is 2.80 bits per heavy atom. The van der Waals surface area contributed by atoms with Gasteiger partial charge in [0.1, 0.15) is 18.1 Å². The predicted octanol–water partition coefficient (Wildman–Crippen LogP) is 2.88. The Labute approximate surface area is 206 Å². The normalized spacial score (nSPS) is 20.0. The SMILES string of the molecule is COc1ccc2c(c1)C=C(C(=O)NCCCCN1CCN(C3Cc4ccccc4OO3)CC1)CO2. The molecule has 0 aliphatic carbocycles. The number of ether oxygens (including phenoxy) is 2. The summed E-state index contributed by atoms with van der Waals surface area (Å²) in [6.07, 6.45) is 4.72. The van der Waals surface area contributed by atoms with Crippen LogP contribution < -0.4 is 19.7 Å². The van der Waals surface area contributed by atoms with Crippen LogP contribution in [-0.4, -0.2) is 74.9 Å². The van der Waals surface area contributed by atoms with Gasteiger partial charge in [0.2, 0.25) is 0 Å². The van der Waals surface area contributed by atoms with E-state index in [1.54, 1.807) is 7.11 Å². The molecule has 0 aromatic heterocycles. The first-order valence-corrected chi connectivity index (χ1v) is 12.4. The minimum Gasteiger partial charge on any atom is -0.497 e. The average Bonchev–Trinajstić information content (AvgIpc) is 2.92. The summed E-state index contributed by atoms with van der Waals surface area (Å²) in [5, 5.41) is 3.03. The minimum atomic E-state index is -0.0663. The lowest BCUT2D eigenvalue weighted by Gasteiger charge is -2.39. The number of piperazine rings is 1. The van der Waals surface area contributed by atoms with Crippen molar-refractivity contribution in [3.8, 4) is 17.2 Å². The van der Waals surface area contributed by atoms with Gasteiger partial charge in [0.25, 0.3) is 5.91 Å². The van der Waals surface area contributed by atoms with Gasteiger partial charge in [-0.3, -0.25) is 9.69 Å². The molecule has 1 fully saturated rings. The minimum absolute atomic E-state index is 0.0200. The first-order valence-electron chi connectivity index (χ1n) is 12.4. The molecule has 0 radical (unpaired) electrons. The number of para-hydroxylation sites is 1. The Hall–Kier alpha value is -3.07. The van der Waals surface area contributed by atoms with E-state index in [1.165, 1.54) is 5.56 Å². The third kappa shape index (κ3) is 5.78. The van der Waals surface area contributed by atoms with Gasteiger partial charge >= 0.3 is 0 Å². The third-order valence-corrected chi connectivity index (χ3v) is 6.84. The number of hydrogen-bond acceptors (Lipinski definition) is 7. The number of carbonyl (C=O) groups is 1. The van der Waals surface area contributed by atoms with Crippen LogP contribution in [0.3, 0.4) is 0 Å². The van der Waals surface area contributed by atoms with E-state index in [0.717, 1.165) is 74.8 Å². The van der Waals surface area contributed by atoms with E-state index in [1.807, 2.05) is 42.5 Å². The molecule has 0 saturated carbocycles. The maximum absolute atomic E-state index is 12.6. The molecule has 2 aromatic rings. The molecule has 1 atom stereocenters. The van der Waals surface area contributed by atoms with Gasteiger partial charge in [0.05, 0.1) is 12.7 Å². The zero-order valence-corrected chi connectivity index (χ0v) is 20.2. The number of nitrogens with zero attached hydrogens (tertiary/aromatic N) is 2. The standard InChI is InChI=1S/C27H33N3O5/c1-32-23-8-9-24-21(17-23)16-22(19-33-24)27(31)28-10-4-5-11-29-12-14-30(15-13-29)26-18-20-6-2-3-7-25(20)34-35-26/h2-3,6-9,16-17,26H,4-5,10-15,18-19H2,1H3,(H,28,31). The van der Waals surface area contributed by atoms with Crippen LogP contribution in [0, 0.1) is 0 Å². The molecule has 3 aliphatic heterocycles. The second kappa shape index (κ2) is 11.1. The fourth-order valence-electron chi connectivity index (χ4n) is 4.74. The van der Waals surface area contributed by atoms with Crippen LogP contribution in [0.1, 0.15) is 24.0 Å². The summed E-state index contributed by atoms with van der Waals surface area (Å²) in [6.45, 7) is 5.95. The lowest BCUT2D eigenvalue weighted by Crippen LogP contribution is -2.52. The Bertz CT molecular complexity index is 1060. The van der Waals surface area contributed by atoms with Gasteiger partial charge in [0.15, 0.2) is 12.0 Å². The number of amides is 1. The monoisotopic (exact) mass is 479 g/mol. The second-order valence-corrected chi connectivity index (χ2v) is 9.15. The molecule has 8 heteroatoms. The number of methoxy groups -OCH3 is 1. The van der Waals surface area contributed by atoms with Crippen molar-refractivity contribution in [3.63, 3.8) is 0 Å². The molecule has 2 aromatic carbocycles. The molecule has 35 heavy (non-hydrogen) atoms. The van der Waals surface area contributed by atoms with E-state index in [2.05, 4.69) is 21.2 Å². The largest absolute Gasteiger partial charge is 0.497 e. The van der Waals surface area contributed by atoms with Crippen molar-refractivity contribution in [1.82, 2.24) is 15.1 Å². The number of benzene rings is 2. The highest BCUT2D eigenvalue weighted by Gasteiger charge is 2.29. The van der Waals surface area contributed by atoms with E-state index in [4.69, 9.17) is 19.2 Å². The van der Waals surface area contributed by atoms with E-state index in [9.17, 15) is 4.79 Å². The molecule has 3 heterocycles. The summed E-state index contributed by atoms with van der Waals surface area (Å²) in [5.41, 5.74) is 2.71. The van der Waals surface area contributed by atoms with Gasteiger partial charge in [-0.15, -0.1) is 0 Å². The van der Waals surface area contributed by atoms with Gasteiger partial charge in [0, 0.05) is 50.3 Å². The summed E-state index contributed by atoms with van der Waals surface area (Å²) < 4.78 is 11.0. The molecule has 8 nitrogen and oxygen atoms in total. The highest BCUT2D eigenvalue weighted by Crippen LogP contribution is 2.30. The Kier molecular flexibility index (Phi) is 7.51. The fourth-order valence-corrected chi connectivity index (χ4v) is 4.74. The number of hydrogen-bond donors (Lipinski definition) is 1. The predicted molar refractivity (Wildman–Crippen MR) is 132 cm³/mol. The van der Waals surface area contributed by atoms with Crippen molar-refractivity contribution in [2.45, 2.75) is 25.5 Å². The summed E-state index contributed by atoms with van der Waals surface area (Å²) in [7, 11) is 1.63. The van der Waals surface area contributed by atoms with Gasteiger partial charge in [-0.2, -0.15) is 4.89 Å². The molecule has 3 aliphatic rings. The first-order chi connectivity index (χ1) is 17.2. The van der Waals surface area contributed by atoms with E-state index in [-0.39, 0.29) is 18.7 Å². The van der Waals surface area contributed by atoms with E-state index < -0.39 is 0 Å². The second-order valence-electron chi connectivity index (χ2n) is 9.15. The van der Waals surface area contributed by atoms with Crippen molar-refractivity contribution in [2.75, 3.05) is 53.0 Å². The Balaban J connectivity index is 0.989. The van der Waals surface area contributed by atoms with Gasteiger partial charge in [-0.05, 0) is 49.7 Å². The highest BCUT2D eigenvalue weighted by atomic mass is 17.2. The number of rotatable bonds is 8. The van der Waals surface area contributed by atoms with Crippen molar-refractivity contribution in [3.05, 3.63) is 59.2 Å². The molecule has 0 bridgehead atoms. The molecule has 1 amide bonds. The maximum Gasteiger partial charge on any atom is 0.250 e. The van der Waals surface area contributed by atoms with E-state index in [0.29, 0.717) is 12.1 Å². The van der Waals surface area contributed by atoms with Crippen LogP contribution >= 0.6 is 0 Å². The summed E-state index contributed by atoms with van der Waals surface area (Å²) in [6, 6.07) is 13.7. The van der Waals surface area contributed by atoms with Gasteiger partial charge in [-0.1, -0.05) is 18.2 Å². The highest BCUT2D eigenvalue weighted by molar-refractivity contribution is 5.99. The Morgan fingerprint density at radius 1 is 1.09 bits per heavy atom. The van der Waals surface area contributed by atoms with Gasteiger partial charge in [-0.25, -0.2) is 0 Å². The molecule has 1 unspecified atom stereocenters. The van der Waals surface area contributed by atoms with Crippen molar-refractivity contribution in [1.29, 1.82) is 0 Å². The number of nitrogens with one attached hydrogen (secondary N) is 1. The first kappa shape index (κ1) is 23.7. The Morgan fingerprint density at radius 2 is 1.94 bits per heavy atom. The smallest absolute Gasteiger partial charge is 0.250 e. The fraction of sp³-hybridized carbons (Fsp3) is 0.444. The van der Waals surface area contributed by atoms with Crippen LogP contribution in [0.2, 0.25) is 0 Å². The topological polar surface area (TPSA) is 72.5 Å². The summed E-state index contributed by atoms with van der Waals surface area (Å²) in [4.78, 5) is 28.5. The van der Waals surface area contributed by atoms with Crippen molar-refractivity contribution >= 4 is 12.0 Å². The molecule has 1 saturated heterocycles. The third-order valence-electron chi connectivity index (χ3n) is 6.84. The molecule has 5 rings (SSSR count). The average molecular weight is 480 g/mol. The van der Waals surface area contributed by atoms with Crippen molar-refractivity contribution < 1.29 is 24.0 Å². The summed E-state index contributed by atoms with van der Waals surface area (Å²) >= 11 is 0. The quantitative estimate of drug-likeness (QED) is 0.461. The van der Waals surface area contributed by atoms with Crippen LogP contribution in [0.5, 0.6) is 17.2 Å². The van der Waals surface area contributed by atoms with Gasteiger partial charge < -0.3 is 24.6 Å². The molecule has 0 spiro atoms. The molecular weight excluding hydrogens is 446 g/mol. The zero-order valence-electron chi connectivity index (χ0n) is 20.2. The number of carbonyl (C=O) groups excluding carboxylic acids is 1. The maximum atomic E-state index is 12.6. The molecule has 186 valence electrons. The number of unbranched alkanes of at least 4 members (excludes halogenated alkanes) is 1. The number of fused-ring (bicyclic) bond motifs is 2. The van der Waals surface area contributed by atoms with Crippen LogP contribution in [0.15, 0.2) is 48.0 Å². The lowest BCUT2D eigenvalue weighted by molar-refractivity contribution is -0.294. The van der Waals surface area contributed by atoms with Crippen molar-refractivity contribution in [2.24, 2.45) is 0 Å². The summed E-state index contributed by atoms with van der Waals surface area (Å²) in [5.74, 6) is 2.28. The van der Waals surface area contributed by atoms with Crippen LogP contribution in [0.25, 0.3) is 6.08 Å².